The van der Waals surface area contributed by atoms with Crippen LogP contribution in [-0.4, -0.2) is 44.7 Å². The lowest BCUT2D eigenvalue weighted by Gasteiger charge is -2.19. The van der Waals surface area contributed by atoms with Gasteiger partial charge in [0.05, 0.1) is 0 Å². The molecule has 0 spiro atoms. The zero-order valence-corrected chi connectivity index (χ0v) is 9.98. The fraction of sp³-hybridized carbons (Fsp3) is 0.900. The van der Waals surface area contributed by atoms with E-state index in [2.05, 4.69) is 31.4 Å². The van der Waals surface area contributed by atoms with E-state index in [9.17, 15) is 4.79 Å². The Bertz CT molecular complexity index is 173. The normalized spacial score (nSPS) is 11.2. The third kappa shape index (κ3) is 7.86. The lowest BCUT2D eigenvalue weighted by atomic mass is 9.97. The van der Waals surface area contributed by atoms with Crippen LogP contribution in [0.5, 0.6) is 0 Å². The van der Waals surface area contributed by atoms with E-state index in [1.165, 1.54) is 4.90 Å². The first-order valence-corrected chi connectivity index (χ1v) is 4.99. The van der Waals surface area contributed by atoms with Gasteiger partial charge in [-0.05, 0) is 5.41 Å². The van der Waals surface area contributed by atoms with Crippen LogP contribution < -0.4 is 10.6 Å². The molecule has 0 atom stereocenters. The quantitative estimate of drug-likeness (QED) is 0.664. The first-order chi connectivity index (χ1) is 6.33. The van der Waals surface area contributed by atoms with Crippen LogP contribution in [-0.2, 0) is 0 Å². The molecule has 0 saturated heterocycles. The highest BCUT2D eigenvalue weighted by Crippen LogP contribution is 2.09. The highest BCUT2D eigenvalue weighted by molar-refractivity contribution is 5.73. The summed E-state index contributed by atoms with van der Waals surface area (Å²) in [5, 5.41) is 6.08. The summed E-state index contributed by atoms with van der Waals surface area (Å²) >= 11 is 0. The van der Waals surface area contributed by atoms with Crippen LogP contribution in [0, 0.1) is 5.41 Å². The molecule has 2 amide bonds. The summed E-state index contributed by atoms with van der Waals surface area (Å²) in [5.74, 6) is 0. The van der Waals surface area contributed by atoms with Crippen molar-refractivity contribution in [3.8, 4) is 0 Å². The molecule has 4 nitrogen and oxygen atoms in total. The Labute approximate surface area is 87.0 Å². The van der Waals surface area contributed by atoms with Gasteiger partial charge in [0, 0.05) is 33.7 Å². The Morgan fingerprint density at radius 1 is 1.21 bits per heavy atom. The summed E-state index contributed by atoms with van der Waals surface area (Å²) in [6.07, 6.45) is 0. The monoisotopic (exact) mass is 201 g/mol. The second-order valence-corrected chi connectivity index (χ2v) is 4.86. The van der Waals surface area contributed by atoms with Crippen molar-refractivity contribution in [1.29, 1.82) is 0 Å². The highest BCUT2D eigenvalue weighted by atomic mass is 16.2. The fourth-order valence-corrected chi connectivity index (χ4v) is 0.879. The molecule has 0 aromatic heterocycles. The minimum atomic E-state index is -0.0393. The smallest absolute Gasteiger partial charge is 0.316 e. The minimum Gasteiger partial charge on any atom is -0.337 e. The molecule has 0 saturated carbocycles. The van der Waals surface area contributed by atoms with Gasteiger partial charge in [-0.3, -0.25) is 0 Å². The first-order valence-electron chi connectivity index (χ1n) is 4.99. The average Bonchev–Trinajstić information content (AvgIpc) is 2.01. The van der Waals surface area contributed by atoms with E-state index in [0.29, 0.717) is 12.0 Å². The van der Waals surface area contributed by atoms with E-state index >= 15 is 0 Å². The van der Waals surface area contributed by atoms with Crippen LogP contribution in [0.3, 0.4) is 0 Å². The van der Waals surface area contributed by atoms with Crippen molar-refractivity contribution in [2.24, 2.45) is 5.41 Å². The van der Waals surface area contributed by atoms with Gasteiger partial charge in [-0.25, -0.2) is 4.79 Å². The Hall–Kier alpha value is -0.770. The van der Waals surface area contributed by atoms with E-state index < -0.39 is 0 Å². The molecule has 0 radical (unpaired) electrons. The summed E-state index contributed by atoms with van der Waals surface area (Å²) in [4.78, 5) is 12.6. The lowest BCUT2D eigenvalue weighted by molar-refractivity contribution is 0.217. The molecule has 0 aromatic rings. The van der Waals surface area contributed by atoms with Gasteiger partial charge in [-0.15, -0.1) is 0 Å². The zero-order valence-electron chi connectivity index (χ0n) is 9.98. The molecule has 0 aromatic carbocycles. The second-order valence-electron chi connectivity index (χ2n) is 4.86. The van der Waals surface area contributed by atoms with Crippen LogP contribution in [0.2, 0.25) is 0 Å². The van der Waals surface area contributed by atoms with E-state index in [4.69, 9.17) is 0 Å². The van der Waals surface area contributed by atoms with Crippen LogP contribution in [0.25, 0.3) is 0 Å². The second kappa shape index (κ2) is 5.86. The Kier molecular flexibility index (Phi) is 5.53. The fourth-order valence-electron chi connectivity index (χ4n) is 0.879. The maximum atomic E-state index is 11.1. The van der Waals surface area contributed by atoms with Gasteiger partial charge in [0.1, 0.15) is 0 Å². The highest BCUT2D eigenvalue weighted by Gasteiger charge is 2.08. The zero-order chi connectivity index (χ0) is 11.2. The number of rotatable bonds is 4. The number of carbonyl (C=O) groups is 1. The van der Waals surface area contributed by atoms with Crippen LogP contribution in [0.15, 0.2) is 0 Å². The predicted molar refractivity (Wildman–Crippen MR) is 59.4 cm³/mol. The SMILES string of the molecule is CN(C)C(=O)NCCNCC(C)(C)C. The van der Waals surface area contributed by atoms with Crippen LogP contribution in [0.1, 0.15) is 20.8 Å². The molecule has 0 aliphatic heterocycles. The summed E-state index contributed by atoms with van der Waals surface area (Å²) in [6, 6.07) is -0.0393. The van der Waals surface area contributed by atoms with Crippen molar-refractivity contribution in [3.05, 3.63) is 0 Å². The number of hydrogen-bond donors (Lipinski definition) is 2. The molecular weight excluding hydrogens is 178 g/mol. The molecule has 0 heterocycles. The number of urea groups is 1. The molecule has 14 heavy (non-hydrogen) atoms. The molecule has 84 valence electrons. The van der Waals surface area contributed by atoms with Crippen LogP contribution >= 0.6 is 0 Å². The van der Waals surface area contributed by atoms with E-state index in [0.717, 1.165) is 13.1 Å². The van der Waals surface area contributed by atoms with E-state index in [-0.39, 0.29) is 6.03 Å². The summed E-state index contributed by atoms with van der Waals surface area (Å²) in [6.45, 7) is 8.99. The van der Waals surface area contributed by atoms with Crippen molar-refractivity contribution < 1.29 is 4.79 Å². The topological polar surface area (TPSA) is 44.4 Å². The molecular formula is C10H23N3O. The summed E-state index contributed by atoms with van der Waals surface area (Å²) < 4.78 is 0. The van der Waals surface area contributed by atoms with Crippen molar-refractivity contribution in [3.63, 3.8) is 0 Å². The predicted octanol–water partition coefficient (Wildman–Crippen LogP) is 0.893. The number of amides is 2. The van der Waals surface area contributed by atoms with Crippen molar-refractivity contribution in [2.75, 3.05) is 33.7 Å². The summed E-state index contributed by atoms with van der Waals surface area (Å²) in [5.41, 5.74) is 0.297. The molecule has 0 fully saturated rings. The Morgan fingerprint density at radius 3 is 2.21 bits per heavy atom. The number of nitrogens with one attached hydrogen (secondary N) is 2. The van der Waals surface area contributed by atoms with Gasteiger partial charge in [-0.2, -0.15) is 0 Å². The van der Waals surface area contributed by atoms with Crippen molar-refractivity contribution in [1.82, 2.24) is 15.5 Å². The molecule has 0 rings (SSSR count). The largest absolute Gasteiger partial charge is 0.337 e. The Balaban J connectivity index is 3.35. The number of hydrogen-bond acceptors (Lipinski definition) is 2. The Morgan fingerprint density at radius 2 is 1.79 bits per heavy atom. The van der Waals surface area contributed by atoms with E-state index in [1.54, 1.807) is 14.1 Å². The van der Waals surface area contributed by atoms with Gasteiger partial charge < -0.3 is 15.5 Å². The van der Waals surface area contributed by atoms with Crippen LogP contribution in [0.4, 0.5) is 4.79 Å². The third-order valence-corrected chi connectivity index (χ3v) is 1.64. The third-order valence-electron chi connectivity index (χ3n) is 1.64. The summed E-state index contributed by atoms with van der Waals surface area (Å²) in [7, 11) is 3.47. The number of carbonyl (C=O) groups excluding carboxylic acids is 1. The van der Waals surface area contributed by atoms with Gasteiger partial charge in [0.15, 0.2) is 0 Å². The molecule has 0 aliphatic rings. The van der Waals surface area contributed by atoms with E-state index in [1.807, 2.05) is 0 Å². The maximum Gasteiger partial charge on any atom is 0.316 e. The molecule has 0 bridgehead atoms. The van der Waals surface area contributed by atoms with Gasteiger partial charge in [0.25, 0.3) is 0 Å². The van der Waals surface area contributed by atoms with Gasteiger partial charge in [-0.1, -0.05) is 20.8 Å². The van der Waals surface area contributed by atoms with Crippen molar-refractivity contribution >= 4 is 6.03 Å². The van der Waals surface area contributed by atoms with Gasteiger partial charge in [0.2, 0.25) is 0 Å². The molecule has 4 heteroatoms. The average molecular weight is 201 g/mol. The standard InChI is InChI=1S/C10H23N3O/c1-10(2,3)8-11-6-7-12-9(14)13(4)5/h11H,6-8H2,1-5H3,(H,12,14). The van der Waals surface area contributed by atoms with Crippen molar-refractivity contribution in [2.45, 2.75) is 20.8 Å². The molecule has 2 N–H and O–H groups in total. The number of nitrogens with zero attached hydrogens (tertiary/aromatic N) is 1. The molecule has 0 unspecified atom stereocenters. The lowest BCUT2D eigenvalue weighted by Crippen LogP contribution is -2.39. The van der Waals surface area contributed by atoms with Gasteiger partial charge >= 0.3 is 6.03 Å². The maximum absolute atomic E-state index is 11.1. The first kappa shape index (κ1) is 13.2. The minimum absolute atomic E-state index is 0.0393. The molecule has 0 aliphatic carbocycles.